The average Bonchev–Trinajstić information content (AvgIpc) is 3.34. The highest BCUT2D eigenvalue weighted by Crippen LogP contribution is 2.63. The Balaban J connectivity index is 1.37. The first-order valence-electron chi connectivity index (χ1n) is 12.3. The fraction of sp³-hybridized carbons (Fsp3) is 0.577. The molecule has 2 bridgehead atoms. The summed E-state index contributed by atoms with van der Waals surface area (Å²) in [5.74, 6) is -0.730. The maximum absolute atomic E-state index is 14.1. The van der Waals surface area contributed by atoms with Crippen molar-refractivity contribution in [2.45, 2.75) is 75.7 Å². The van der Waals surface area contributed by atoms with Gasteiger partial charge in [0, 0.05) is 29.0 Å². The van der Waals surface area contributed by atoms with Crippen molar-refractivity contribution in [3.63, 3.8) is 0 Å². The van der Waals surface area contributed by atoms with Crippen LogP contribution in [0.4, 0.5) is 5.69 Å². The number of rotatable bonds is 0. The molecular weight excluding hydrogens is 450 g/mol. The summed E-state index contributed by atoms with van der Waals surface area (Å²) in [7, 11) is 0. The second kappa shape index (κ2) is 5.90. The minimum atomic E-state index is -1.69. The SMILES string of the molecule is CC1(C)C=Cc2c(ccc3c2N[C@@]2(O[C@@H](O)[C@@]45NC(=O)[C@]6(CCCN6C4=O)C[C@H]5C2(C)C)C3=O)O1. The third kappa shape index (κ3) is 2.13. The minimum absolute atomic E-state index is 0.242. The van der Waals surface area contributed by atoms with Gasteiger partial charge in [-0.25, -0.2) is 0 Å². The number of aliphatic hydroxyl groups is 1. The van der Waals surface area contributed by atoms with Crippen LogP contribution in [-0.2, 0) is 14.3 Å². The number of Topliss-reactive ketones (excluding diaryl/α,β-unsaturated/α-hetero) is 1. The number of piperazine rings is 1. The largest absolute Gasteiger partial charge is 0.483 e. The zero-order valence-corrected chi connectivity index (χ0v) is 20.2. The average molecular weight is 480 g/mol. The van der Waals surface area contributed by atoms with Gasteiger partial charge in [0.15, 0.2) is 11.8 Å². The van der Waals surface area contributed by atoms with Crippen molar-refractivity contribution in [2.24, 2.45) is 11.3 Å². The van der Waals surface area contributed by atoms with Gasteiger partial charge < -0.3 is 30.1 Å². The number of aliphatic hydroxyl groups excluding tert-OH is 1. The van der Waals surface area contributed by atoms with E-state index in [1.54, 1.807) is 17.0 Å². The van der Waals surface area contributed by atoms with E-state index >= 15 is 0 Å². The molecule has 0 aromatic heterocycles. The summed E-state index contributed by atoms with van der Waals surface area (Å²) < 4.78 is 12.3. The van der Waals surface area contributed by atoms with E-state index in [0.717, 1.165) is 12.0 Å². The van der Waals surface area contributed by atoms with Crippen LogP contribution in [0.15, 0.2) is 18.2 Å². The first-order valence-corrected chi connectivity index (χ1v) is 12.3. The lowest BCUT2D eigenvalue weighted by Gasteiger charge is -2.68. The van der Waals surface area contributed by atoms with Gasteiger partial charge >= 0.3 is 0 Å². The Hall–Kier alpha value is -2.91. The van der Waals surface area contributed by atoms with Crippen molar-refractivity contribution < 1.29 is 29.0 Å². The Bertz CT molecular complexity index is 1290. The van der Waals surface area contributed by atoms with Crippen LogP contribution in [0.3, 0.4) is 0 Å². The fourth-order valence-corrected chi connectivity index (χ4v) is 7.59. The van der Waals surface area contributed by atoms with Gasteiger partial charge in [0.05, 0.1) is 5.69 Å². The summed E-state index contributed by atoms with van der Waals surface area (Å²) in [6, 6.07) is 3.51. The number of nitrogens with one attached hydrogen (secondary N) is 2. The van der Waals surface area contributed by atoms with Crippen molar-refractivity contribution in [3.8, 4) is 5.75 Å². The molecule has 5 fully saturated rings. The van der Waals surface area contributed by atoms with Gasteiger partial charge in [-0.2, -0.15) is 0 Å². The molecular formula is C26H29N3O6. The second-order valence-electron chi connectivity index (χ2n) is 11.9. The molecule has 2 amide bonds. The van der Waals surface area contributed by atoms with E-state index in [0.29, 0.717) is 36.4 Å². The molecule has 35 heavy (non-hydrogen) atoms. The molecule has 9 nitrogen and oxygen atoms in total. The van der Waals surface area contributed by atoms with Crippen molar-refractivity contribution >= 4 is 29.4 Å². The molecule has 9 heteroatoms. The van der Waals surface area contributed by atoms with Gasteiger partial charge in [-0.3, -0.25) is 14.4 Å². The van der Waals surface area contributed by atoms with Crippen LogP contribution in [0.25, 0.3) is 6.08 Å². The topological polar surface area (TPSA) is 117 Å². The molecule has 5 atom stereocenters. The number of anilines is 1. The summed E-state index contributed by atoms with van der Waals surface area (Å²) >= 11 is 0. The van der Waals surface area contributed by atoms with Crippen molar-refractivity contribution in [3.05, 3.63) is 29.3 Å². The van der Waals surface area contributed by atoms with Crippen molar-refractivity contribution in [1.82, 2.24) is 10.2 Å². The first kappa shape index (κ1) is 21.4. The lowest BCUT2D eigenvalue weighted by Crippen LogP contribution is -2.90. The third-order valence-corrected chi connectivity index (χ3v) is 9.47. The van der Waals surface area contributed by atoms with Gasteiger partial charge in [-0.1, -0.05) is 13.8 Å². The quantitative estimate of drug-likeness (QED) is 0.519. The number of carbonyl (C=O) groups excluding carboxylic acids is 3. The van der Waals surface area contributed by atoms with E-state index in [2.05, 4.69) is 10.6 Å². The molecule has 184 valence electrons. The van der Waals surface area contributed by atoms with Crippen LogP contribution < -0.4 is 15.4 Å². The number of benzene rings is 1. The van der Waals surface area contributed by atoms with Crippen molar-refractivity contribution in [2.75, 3.05) is 11.9 Å². The van der Waals surface area contributed by atoms with Gasteiger partial charge in [0.2, 0.25) is 17.4 Å². The number of hydrogen-bond donors (Lipinski definition) is 3. The minimum Gasteiger partial charge on any atom is -0.483 e. The van der Waals surface area contributed by atoms with Crippen LogP contribution in [0.1, 0.15) is 62.9 Å². The Morgan fingerprint density at radius 3 is 2.66 bits per heavy atom. The predicted octanol–water partition coefficient (Wildman–Crippen LogP) is 1.80. The first-order chi connectivity index (χ1) is 16.4. The highest BCUT2D eigenvalue weighted by Gasteiger charge is 2.80. The van der Waals surface area contributed by atoms with Crippen LogP contribution in [0, 0.1) is 11.3 Å². The molecule has 5 saturated heterocycles. The zero-order chi connectivity index (χ0) is 24.8. The molecule has 3 spiro atoms. The Labute approximate surface area is 202 Å². The highest BCUT2D eigenvalue weighted by atomic mass is 16.6. The normalized spacial score (nSPS) is 41.1. The smallest absolute Gasteiger partial charge is 0.254 e. The number of ketones is 1. The summed E-state index contributed by atoms with van der Waals surface area (Å²) in [4.78, 5) is 42.6. The third-order valence-electron chi connectivity index (χ3n) is 9.47. The number of nitrogens with zero attached hydrogens (tertiary/aromatic N) is 1. The van der Waals surface area contributed by atoms with Gasteiger partial charge in [-0.15, -0.1) is 0 Å². The molecule has 0 saturated carbocycles. The Morgan fingerprint density at radius 2 is 1.89 bits per heavy atom. The fourth-order valence-electron chi connectivity index (χ4n) is 7.59. The number of amides is 2. The Morgan fingerprint density at radius 1 is 1.11 bits per heavy atom. The Kier molecular flexibility index (Phi) is 3.60. The molecule has 0 radical (unpaired) electrons. The maximum Gasteiger partial charge on any atom is 0.254 e. The summed E-state index contributed by atoms with van der Waals surface area (Å²) in [6.07, 6.45) is 3.85. The monoisotopic (exact) mass is 479 g/mol. The lowest BCUT2D eigenvalue weighted by molar-refractivity contribution is -0.303. The summed E-state index contributed by atoms with van der Waals surface area (Å²) in [5.41, 5.74) is -3.82. The molecule has 8 rings (SSSR count). The standard InChI is InChI=1S/C26H29N3O6/c1-22(2)10-8-13-15(34-22)7-6-14-17(13)27-26(18(14)30)23(3,4)16-12-24-9-5-11-29(24)20(32)25(16,21(33)35-26)28-19(24)31/h6-8,10,16,21,27,33H,5,9,11-12H2,1-4H3,(H,28,31)/t16-,21+,24-,25-,26+/m0/s1. The summed E-state index contributed by atoms with van der Waals surface area (Å²) in [5, 5.41) is 17.7. The van der Waals surface area contributed by atoms with Crippen LogP contribution >= 0.6 is 0 Å². The maximum atomic E-state index is 14.1. The molecule has 7 aliphatic heterocycles. The van der Waals surface area contributed by atoms with Gasteiger partial charge in [0.25, 0.3) is 5.91 Å². The molecule has 1 aromatic rings. The van der Waals surface area contributed by atoms with Crippen LogP contribution in [0.5, 0.6) is 5.75 Å². The van der Waals surface area contributed by atoms with E-state index in [4.69, 9.17) is 9.47 Å². The highest BCUT2D eigenvalue weighted by molar-refractivity contribution is 6.15. The molecule has 7 aliphatic rings. The van der Waals surface area contributed by atoms with Crippen LogP contribution in [-0.4, -0.2) is 62.8 Å². The number of fused-ring (bicyclic) bond motifs is 4. The second-order valence-corrected chi connectivity index (χ2v) is 11.9. The van der Waals surface area contributed by atoms with Gasteiger partial charge in [-0.05, 0) is 57.4 Å². The number of ether oxygens (including phenoxy) is 2. The molecule has 7 heterocycles. The predicted molar refractivity (Wildman–Crippen MR) is 124 cm³/mol. The van der Waals surface area contributed by atoms with E-state index in [1.165, 1.54) is 0 Å². The lowest BCUT2D eigenvalue weighted by atomic mass is 9.51. The number of hydrogen-bond acceptors (Lipinski definition) is 7. The van der Waals surface area contributed by atoms with Crippen molar-refractivity contribution in [1.29, 1.82) is 0 Å². The van der Waals surface area contributed by atoms with E-state index in [-0.39, 0.29) is 17.6 Å². The number of carbonyl (C=O) groups is 3. The van der Waals surface area contributed by atoms with E-state index in [9.17, 15) is 19.5 Å². The van der Waals surface area contributed by atoms with E-state index in [1.807, 2.05) is 39.8 Å². The summed E-state index contributed by atoms with van der Waals surface area (Å²) in [6.45, 7) is 8.17. The van der Waals surface area contributed by atoms with Gasteiger partial charge in [0.1, 0.15) is 16.9 Å². The molecule has 0 aliphatic carbocycles. The van der Waals surface area contributed by atoms with E-state index < -0.39 is 40.0 Å². The molecule has 1 aromatic carbocycles. The number of piperidine rings is 2. The van der Waals surface area contributed by atoms with Crippen LogP contribution in [0.2, 0.25) is 0 Å². The molecule has 0 unspecified atom stereocenters. The molecule has 3 N–H and O–H groups in total. The zero-order valence-electron chi connectivity index (χ0n) is 20.2.